The molecule has 0 aliphatic carbocycles. The normalized spacial score (nSPS) is 11.9. The zero-order valence-electron chi connectivity index (χ0n) is 16.8. The molecule has 2 rings (SSSR count). The summed E-state index contributed by atoms with van der Waals surface area (Å²) in [7, 11) is 2.86. The second-order valence-corrected chi connectivity index (χ2v) is 6.48. The molecule has 0 fully saturated rings. The van der Waals surface area contributed by atoms with E-state index in [2.05, 4.69) is 4.98 Å². The Morgan fingerprint density at radius 2 is 1.96 bits per heavy atom. The van der Waals surface area contributed by atoms with Gasteiger partial charge in [-0.05, 0) is 44.9 Å². The second kappa shape index (κ2) is 9.36. The van der Waals surface area contributed by atoms with E-state index in [0.29, 0.717) is 36.4 Å². The fourth-order valence-electron chi connectivity index (χ4n) is 3.17. The van der Waals surface area contributed by atoms with Crippen molar-refractivity contribution in [2.24, 2.45) is 0 Å². The summed E-state index contributed by atoms with van der Waals surface area (Å²) in [6.07, 6.45) is 1.98. The average molecular weight is 390 g/mol. The molecule has 1 atom stereocenters. The first-order valence-corrected chi connectivity index (χ1v) is 8.98. The number of aryl methyl sites for hydroxylation is 1. The van der Waals surface area contributed by atoms with Crippen molar-refractivity contribution in [3.05, 3.63) is 46.7 Å². The zero-order valence-corrected chi connectivity index (χ0v) is 16.8. The predicted octanol–water partition coefficient (Wildman–Crippen LogP) is 2.76. The number of carbonyl (C=O) groups excluding carboxylic acids is 3. The SMILES string of the molecule is COCCCN(C(=O)c1ccco1)[C@@H](C)C(=O)c1c(C)[nH]c(C(=O)OC)c1C. The van der Waals surface area contributed by atoms with Crippen LogP contribution in [-0.2, 0) is 9.47 Å². The molecule has 1 amide bonds. The fourth-order valence-corrected chi connectivity index (χ4v) is 3.17. The Morgan fingerprint density at radius 3 is 2.54 bits per heavy atom. The first-order chi connectivity index (χ1) is 13.3. The predicted molar refractivity (Wildman–Crippen MR) is 102 cm³/mol. The van der Waals surface area contributed by atoms with Crippen molar-refractivity contribution < 1.29 is 28.3 Å². The molecule has 0 spiro atoms. The van der Waals surface area contributed by atoms with E-state index in [0.717, 1.165) is 0 Å². The summed E-state index contributed by atoms with van der Waals surface area (Å²) in [6, 6.07) is 2.43. The molecule has 8 heteroatoms. The number of methoxy groups -OCH3 is 2. The van der Waals surface area contributed by atoms with E-state index in [4.69, 9.17) is 13.9 Å². The molecule has 8 nitrogen and oxygen atoms in total. The molecule has 0 aliphatic rings. The van der Waals surface area contributed by atoms with Crippen molar-refractivity contribution in [1.82, 2.24) is 9.88 Å². The van der Waals surface area contributed by atoms with Crippen LogP contribution in [0.3, 0.4) is 0 Å². The Balaban J connectivity index is 2.34. The van der Waals surface area contributed by atoms with E-state index in [1.165, 1.54) is 18.3 Å². The standard InChI is InChI=1S/C20H26N2O6/c1-12-16(13(2)21-17(12)20(25)27-5)18(23)14(3)22(9-7-10-26-4)19(24)15-8-6-11-28-15/h6,8,11,14,21H,7,9-10H2,1-5H3/t14-/m0/s1. The molecule has 0 saturated heterocycles. The van der Waals surface area contributed by atoms with Gasteiger partial charge >= 0.3 is 5.97 Å². The van der Waals surface area contributed by atoms with Crippen LogP contribution in [0.15, 0.2) is 22.8 Å². The number of furan rings is 1. The maximum atomic E-state index is 13.2. The summed E-state index contributed by atoms with van der Waals surface area (Å²) in [4.78, 5) is 42.4. The Kier molecular flexibility index (Phi) is 7.17. The summed E-state index contributed by atoms with van der Waals surface area (Å²) in [5.41, 5.74) is 1.68. The van der Waals surface area contributed by atoms with Gasteiger partial charge in [0.2, 0.25) is 0 Å². The first-order valence-electron chi connectivity index (χ1n) is 8.98. The zero-order chi connectivity index (χ0) is 20.8. The topological polar surface area (TPSA) is 102 Å². The highest BCUT2D eigenvalue weighted by atomic mass is 16.5. The van der Waals surface area contributed by atoms with Crippen molar-refractivity contribution in [3.63, 3.8) is 0 Å². The first kappa shape index (κ1) is 21.4. The number of H-pyrrole nitrogens is 1. The van der Waals surface area contributed by atoms with Crippen LogP contribution in [0.5, 0.6) is 0 Å². The van der Waals surface area contributed by atoms with Gasteiger partial charge in [0.25, 0.3) is 5.91 Å². The fraction of sp³-hybridized carbons (Fsp3) is 0.450. The smallest absolute Gasteiger partial charge is 0.354 e. The molecule has 2 heterocycles. The Morgan fingerprint density at radius 1 is 1.25 bits per heavy atom. The largest absolute Gasteiger partial charge is 0.464 e. The highest BCUT2D eigenvalue weighted by molar-refractivity contribution is 6.07. The van der Waals surface area contributed by atoms with Crippen molar-refractivity contribution >= 4 is 17.7 Å². The lowest BCUT2D eigenvalue weighted by molar-refractivity contribution is 0.0579. The third kappa shape index (κ3) is 4.33. The molecule has 28 heavy (non-hydrogen) atoms. The Labute approximate surface area is 163 Å². The molecule has 2 aromatic heterocycles. The molecule has 0 radical (unpaired) electrons. The van der Waals surface area contributed by atoms with Gasteiger partial charge in [-0.25, -0.2) is 4.79 Å². The quantitative estimate of drug-likeness (QED) is 0.401. The number of aromatic nitrogens is 1. The number of rotatable bonds is 9. The number of amides is 1. The number of ketones is 1. The molecule has 152 valence electrons. The van der Waals surface area contributed by atoms with Crippen LogP contribution in [0.2, 0.25) is 0 Å². The van der Waals surface area contributed by atoms with Gasteiger partial charge in [0.05, 0.1) is 19.4 Å². The summed E-state index contributed by atoms with van der Waals surface area (Å²) in [6.45, 7) is 5.84. The molecular weight excluding hydrogens is 364 g/mol. The van der Waals surface area contributed by atoms with Gasteiger partial charge in [0.1, 0.15) is 5.69 Å². The third-order valence-electron chi connectivity index (χ3n) is 4.66. The molecule has 2 aromatic rings. The molecule has 0 aliphatic heterocycles. The number of aromatic amines is 1. The van der Waals surface area contributed by atoms with Gasteiger partial charge < -0.3 is 23.8 Å². The molecule has 0 bridgehead atoms. The Hall–Kier alpha value is -2.87. The molecular formula is C20H26N2O6. The number of carbonyl (C=O) groups is 3. The van der Waals surface area contributed by atoms with Crippen LogP contribution in [0, 0.1) is 13.8 Å². The lowest BCUT2D eigenvalue weighted by atomic mass is 9.99. The van der Waals surface area contributed by atoms with Crippen LogP contribution in [0.4, 0.5) is 0 Å². The summed E-state index contributed by atoms with van der Waals surface area (Å²) in [5, 5.41) is 0. The number of hydrogen-bond donors (Lipinski definition) is 1. The highest BCUT2D eigenvalue weighted by Crippen LogP contribution is 2.23. The number of ether oxygens (including phenoxy) is 2. The second-order valence-electron chi connectivity index (χ2n) is 6.48. The van der Waals surface area contributed by atoms with Gasteiger partial charge in [-0.15, -0.1) is 0 Å². The van der Waals surface area contributed by atoms with Gasteiger partial charge in [-0.1, -0.05) is 0 Å². The maximum absolute atomic E-state index is 13.2. The minimum Gasteiger partial charge on any atom is -0.464 e. The third-order valence-corrected chi connectivity index (χ3v) is 4.66. The minimum atomic E-state index is -0.756. The molecule has 0 aromatic carbocycles. The van der Waals surface area contributed by atoms with Gasteiger partial charge in [-0.3, -0.25) is 9.59 Å². The minimum absolute atomic E-state index is 0.162. The van der Waals surface area contributed by atoms with Crippen molar-refractivity contribution in [1.29, 1.82) is 0 Å². The van der Waals surface area contributed by atoms with Crippen molar-refractivity contribution in [2.75, 3.05) is 27.4 Å². The van der Waals surface area contributed by atoms with E-state index in [-0.39, 0.29) is 23.1 Å². The number of esters is 1. The number of nitrogens with one attached hydrogen (secondary N) is 1. The molecule has 0 saturated carbocycles. The monoisotopic (exact) mass is 390 g/mol. The number of nitrogens with zero attached hydrogens (tertiary/aromatic N) is 1. The van der Waals surface area contributed by atoms with E-state index >= 15 is 0 Å². The Bertz CT molecular complexity index is 837. The van der Waals surface area contributed by atoms with Crippen LogP contribution < -0.4 is 0 Å². The lowest BCUT2D eigenvalue weighted by Crippen LogP contribution is -2.44. The van der Waals surface area contributed by atoms with Crippen LogP contribution in [0.25, 0.3) is 0 Å². The van der Waals surface area contributed by atoms with E-state index in [9.17, 15) is 14.4 Å². The average Bonchev–Trinajstić information content (AvgIpc) is 3.31. The summed E-state index contributed by atoms with van der Waals surface area (Å²) < 4.78 is 15.0. The highest BCUT2D eigenvalue weighted by Gasteiger charge is 2.32. The van der Waals surface area contributed by atoms with E-state index in [1.54, 1.807) is 40.0 Å². The van der Waals surface area contributed by atoms with Crippen molar-refractivity contribution in [2.45, 2.75) is 33.2 Å². The molecule has 1 N–H and O–H groups in total. The maximum Gasteiger partial charge on any atom is 0.354 e. The number of hydrogen-bond acceptors (Lipinski definition) is 6. The van der Waals surface area contributed by atoms with E-state index in [1.807, 2.05) is 0 Å². The van der Waals surface area contributed by atoms with E-state index < -0.39 is 12.0 Å². The molecule has 0 unspecified atom stereocenters. The van der Waals surface area contributed by atoms with Crippen molar-refractivity contribution in [3.8, 4) is 0 Å². The van der Waals surface area contributed by atoms with Gasteiger partial charge in [0, 0.05) is 31.5 Å². The van der Waals surface area contributed by atoms with Crippen LogP contribution >= 0.6 is 0 Å². The van der Waals surface area contributed by atoms with Gasteiger partial charge in [0.15, 0.2) is 11.5 Å². The summed E-state index contributed by atoms with van der Waals surface area (Å²) >= 11 is 0. The lowest BCUT2D eigenvalue weighted by Gasteiger charge is -2.28. The summed E-state index contributed by atoms with van der Waals surface area (Å²) in [5.74, 6) is -1.02. The van der Waals surface area contributed by atoms with Gasteiger partial charge in [-0.2, -0.15) is 0 Å². The number of Topliss-reactive ketones (excluding diaryl/α,β-unsaturated/α-hetero) is 1. The van der Waals surface area contributed by atoms with Crippen LogP contribution in [-0.4, -0.2) is 61.0 Å². The van der Waals surface area contributed by atoms with Crippen LogP contribution in [0.1, 0.15) is 56.0 Å².